The van der Waals surface area contributed by atoms with Crippen LogP contribution in [0, 0.1) is 12.8 Å². The summed E-state index contributed by atoms with van der Waals surface area (Å²) < 4.78 is 10.1. The first-order valence-corrected chi connectivity index (χ1v) is 6.39. The molecule has 0 unspecified atom stereocenters. The first-order valence-electron chi connectivity index (χ1n) is 6.39. The SMILES string of the molecule is Cc1nonc1NC(=O)c1ccc(OCC(C)C)cc1. The van der Waals surface area contributed by atoms with Gasteiger partial charge >= 0.3 is 0 Å². The Labute approximate surface area is 117 Å². The fourth-order valence-electron chi connectivity index (χ4n) is 1.49. The third kappa shape index (κ3) is 3.57. The molecule has 2 rings (SSSR count). The van der Waals surface area contributed by atoms with E-state index in [9.17, 15) is 4.79 Å². The van der Waals surface area contributed by atoms with Crippen LogP contribution in [0.25, 0.3) is 0 Å². The number of anilines is 1. The zero-order valence-corrected chi connectivity index (χ0v) is 11.7. The van der Waals surface area contributed by atoms with Gasteiger partial charge in [0.1, 0.15) is 11.4 Å². The number of benzene rings is 1. The summed E-state index contributed by atoms with van der Waals surface area (Å²) in [6.07, 6.45) is 0. The summed E-state index contributed by atoms with van der Waals surface area (Å²) in [4.78, 5) is 12.0. The number of rotatable bonds is 5. The van der Waals surface area contributed by atoms with E-state index in [2.05, 4.69) is 34.1 Å². The highest BCUT2D eigenvalue weighted by atomic mass is 16.6. The second-order valence-corrected chi connectivity index (χ2v) is 4.88. The average molecular weight is 275 g/mol. The number of hydrogen-bond acceptors (Lipinski definition) is 5. The summed E-state index contributed by atoms with van der Waals surface area (Å²) in [5, 5.41) is 9.83. The Balaban J connectivity index is 1.99. The molecule has 0 aliphatic heterocycles. The molecule has 106 valence electrons. The van der Waals surface area contributed by atoms with Gasteiger partial charge < -0.3 is 10.1 Å². The number of aromatic nitrogens is 2. The smallest absolute Gasteiger partial charge is 0.256 e. The maximum atomic E-state index is 12.0. The van der Waals surface area contributed by atoms with E-state index in [1.54, 1.807) is 31.2 Å². The van der Waals surface area contributed by atoms with Gasteiger partial charge in [-0.1, -0.05) is 19.0 Å². The first-order chi connectivity index (χ1) is 9.56. The summed E-state index contributed by atoms with van der Waals surface area (Å²) in [6, 6.07) is 6.94. The van der Waals surface area contributed by atoms with E-state index in [4.69, 9.17) is 4.74 Å². The van der Waals surface area contributed by atoms with Gasteiger partial charge in [0.05, 0.1) is 6.61 Å². The van der Waals surface area contributed by atoms with Gasteiger partial charge in [-0.15, -0.1) is 0 Å². The van der Waals surface area contributed by atoms with Crippen LogP contribution in [0.3, 0.4) is 0 Å². The van der Waals surface area contributed by atoms with Crippen LogP contribution in [0.1, 0.15) is 29.9 Å². The molecule has 1 heterocycles. The highest BCUT2D eigenvalue weighted by Gasteiger charge is 2.11. The molecule has 1 N–H and O–H groups in total. The van der Waals surface area contributed by atoms with Crippen LogP contribution in [0.4, 0.5) is 5.82 Å². The molecular weight excluding hydrogens is 258 g/mol. The molecule has 0 radical (unpaired) electrons. The zero-order valence-electron chi connectivity index (χ0n) is 11.7. The minimum absolute atomic E-state index is 0.265. The summed E-state index contributed by atoms with van der Waals surface area (Å²) in [5.41, 5.74) is 1.06. The Morgan fingerprint density at radius 3 is 2.55 bits per heavy atom. The van der Waals surface area contributed by atoms with Gasteiger partial charge in [0.2, 0.25) is 5.82 Å². The molecular formula is C14H17N3O3. The maximum Gasteiger partial charge on any atom is 0.256 e. The Kier molecular flexibility index (Phi) is 4.34. The fraction of sp³-hybridized carbons (Fsp3) is 0.357. The summed E-state index contributed by atoms with van der Waals surface area (Å²) in [5.74, 6) is 1.27. The molecule has 0 aliphatic carbocycles. The first kappa shape index (κ1) is 14.0. The van der Waals surface area contributed by atoms with Gasteiger partial charge in [0, 0.05) is 5.56 Å². The Morgan fingerprint density at radius 2 is 2.00 bits per heavy atom. The Morgan fingerprint density at radius 1 is 1.30 bits per heavy atom. The summed E-state index contributed by atoms with van der Waals surface area (Å²) >= 11 is 0. The maximum absolute atomic E-state index is 12.0. The molecule has 0 fully saturated rings. The molecule has 20 heavy (non-hydrogen) atoms. The highest BCUT2D eigenvalue weighted by molar-refractivity contribution is 6.03. The third-order valence-electron chi connectivity index (χ3n) is 2.58. The van der Waals surface area contributed by atoms with Gasteiger partial charge in [0.25, 0.3) is 5.91 Å². The predicted molar refractivity (Wildman–Crippen MR) is 73.8 cm³/mol. The normalized spacial score (nSPS) is 10.6. The number of aryl methyl sites for hydroxylation is 1. The molecule has 1 amide bonds. The lowest BCUT2D eigenvalue weighted by Crippen LogP contribution is -2.13. The van der Waals surface area contributed by atoms with Crippen molar-refractivity contribution in [2.75, 3.05) is 11.9 Å². The molecule has 0 atom stereocenters. The molecule has 1 aromatic heterocycles. The lowest BCUT2D eigenvalue weighted by molar-refractivity contribution is 0.102. The van der Waals surface area contributed by atoms with E-state index in [0.29, 0.717) is 29.6 Å². The van der Waals surface area contributed by atoms with Crippen molar-refractivity contribution in [2.24, 2.45) is 5.92 Å². The summed E-state index contributed by atoms with van der Waals surface area (Å²) in [6.45, 7) is 6.51. The van der Waals surface area contributed by atoms with Crippen molar-refractivity contribution in [3.8, 4) is 5.75 Å². The standard InChI is InChI=1S/C14H17N3O3/c1-9(2)8-19-12-6-4-11(5-7-12)14(18)15-13-10(3)16-20-17-13/h4-7,9H,8H2,1-3H3,(H,15,17,18). The van der Waals surface area contributed by atoms with Gasteiger partial charge in [-0.25, -0.2) is 4.63 Å². The quantitative estimate of drug-likeness (QED) is 0.907. The van der Waals surface area contributed by atoms with Crippen molar-refractivity contribution in [2.45, 2.75) is 20.8 Å². The Hall–Kier alpha value is -2.37. The van der Waals surface area contributed by atoms with Gasteiger partial charge in [-0.2, -0.15) is 0 Å². The van der Waals surface area contributed by atoms with Gasteiger partial charge in [0.15, 0.2) is 0 Å². The minimum Gasteiger partial charge on any atom is -0.493 e. The van der Waals surface area contributed by atoms with Crippen LogP contribution in [-0.4, -0.2) is 22.8 Å². The van der Waals surface area contributed by atoms with E-state index in [0.717, 1.165) is 5.75 Å². The lowest BCUT2D eigenvalue weighted by Gasteiger charge is -2.09. The fourth-order valence-corrected chi connectivity index (χ4v) is 1.49. The van der Waals surface area contributed by atoms with E-state index in [1.807, 2.05) is 0 Å². The number of amides is 1. The molecule has 0 bridgehead atoms. The monoisotopic (exact) mass is 275 g/mol. The van der Waals surface area contributed by atoms with Crippen molar-refractivity contribution < 1.29 is 14.2 Å². The van der Waals surface area contributed by atoms with E-state index >= 15 is 0 Å². The van der Waals surface area contributed by atoms with Crippen LogP contribution in [0.5, 0.6) is 5.75 Å². The highest BCUT2D eigenvalue weighted by Crippen LogP contribution is 2.15. The van der Waals surface area contributed by atoms with Crippen LogP contribution in [-0.2, 0) is 0 Å². The number of nitrogens with one attached hydrogen (secondary N) is 1. The van der Waals surface area contributed by atoms with Gasteiger partial charge in [-0.05, 0) is 42.3 Å². The van der Waals surface area contributed by atoms with Crippen LogP contribution >= 0.6 is 0 Å². The summed E-state index contributed by atoms with van der Waals surface area (Å²) in [7, 11) is 0. The van der Waals surface area contributed by atoms with Crippen molar-refractivity contribution in [3.63, 3.8) is 0 Å². The molecule has 0 aliphatic rings. The van der Waals surface area contributed by atoms with E-state index in [-0.39, 0.29) is 5.91 Å². The molecule has 0 saturated heterocycles. The van der Waals surface area contributed by atoms with Crippen LogP contribution < -0.4 is 10.1 Å². The number of nitrogens with zero attached hydrogens (tertiary/aromatic N) is 2. The largest absolute Gasteiger partial charge is 0.493 e. The van der Waals surface area contributed by atoms with Crippen LogP contribution in [0.2, 0.25) is 0 Å². The topological polar surface area (TPSA) is 77.3 Å². The molecule has 0 saturated carbocycles. The van der Waals surface area contributed by atoms with Crippen molar-refractivity contribution >= 4 is 11.7 Å². The average Bonchev–Trinajstić information content (AvgIpc) is 2.82. The van der Waals surface area contributed by atoms with Crippen molar-refractivity contribution in [1.29, 1.82) is 0 Å². The second kappa shape index (κ2) is 6.18. The molecule has 2 aromatic rings. The van der Waals surface area contributed by atoms with E-state index in [1.165, 1.54) is 0 Å². The van der Waals surface area contributed by atoms with Crippen molar-refractivity contribution in [1.82, 2.24) is 10.3 Å². The second-order valence-electron chi connectivity index (χ2n) is 4.88. The van der Waals surface area contributed by atoms with Crippen molar-refractivity contribution in [3.05, 3.63) is 35.5 Å². The molecule has 6 nitrogen and oxygen atoms in total. The van der Waals surface area contributed by atoms with E-state index < -0.39 is 0 Å². The number of hydrogen-bond donors (Lipinski definition) is 1. The number of carbonyl (C=O) groups is 1. The predicted octanol–water partition coefficient (Wildman–Crippen LogP) is 2.67. The minimum atomic E-state index is -0.265. The molecule has 1 aromatic carbocycles. The number of carbonyl (C=O) groups excluding carboxylic acids is 1. The zero-order chi connectivity index (χ0) is 14.5. The van der Waals surface area contributed by atoms with Crippen LogP contribution in [0.15, 0.2) is 28.9 Å². The molecule has 0 spiro atoms. The van der Waals surface area contributed by atoms with Gasteiger partial charge in [-0.3, -0.25) is 4.79 Å². The molecule has 6 heteroatoms. The lowest BCUT2D eigenvalue weighted by atomic mass is 10.2. The third-order valence-corrected chi connectivity index (χ3v) is 2.58. The Bertz CT molecular complexity index is 576. The number of ether oxygens (including phenoxy) is 1.